The number of aliphatic carboxylic acids is 1. The first-order chi connectivity index (χ1) is 22.1. The van der Waals surface area contributed by atoms with Crippen molar-refractivity contribution < 1.29 is 48.3 Å². The van der Waals surface area contributed by atoms with Crippen LogP contribution in [0.15, 0.2) is 42.5 Å². The third kappa shape index (κ3) is 8.17. The summed E-state index contributed by atoms with van der Waals surface area (Å²) in [5, 5.41) is 20.5. The molecule has 2 aromatic carbocycles. The normalized spacial score (nSPS) is 22.0. The number of aliphatic hydroxyl groups is 1. The number of carbonyl (C=O) groups excluding carboxylic acids is 3. The average Bonchev–Trinajstić information content (AvgIpc) is 3.08. The van der Waals surface area contributed by atoms with Crippen molar-refractivity contribution in [2.75, 3.05) is 27.4 Å². The smallest absolute Gasteiger partial charge is 0.341 e. The molecule has 0 unspecified atom stereocenters. The van der Waals surface area contributed by atoms with Crippen molar-refractivity contribution >= 4 is 23.6 Å². The topological polar surface area (TPSA) is 149 Å². The lowest BCUT2D eigenvalue weighted by molar-refractivity contribution is -0.169. The summed E-state index contributed by atoms with van der Waals surface area (Å²) in [6.07, 6.45) is 4.73. The second kappa shape index (κ2) is 15.9. The number of esters is 1. The summed E-state index contributed by atoms with van der Waals surface area (Å²) in [7, 11) is 3.10. The molecule has 1 aliphatic heterocycles. The van der Waals surface area contributed by atoms with E-state index in [-0.39, 0.29) is 18.9 Å². The van der Waals surface area contributed by atoms with E-state index in [0.717, 1.165) is 12.0 Å². The minimum Gasteiger partial charge on any atom is -0.493 e. The fraction of sp³-hybridized carbons (Fsp3) is 0.543. The summed E-state index contributed by atoms with van der Waals surface area (Å²) in [6.45, 7) is 1.59. The van der Waals surface area contributed by atoms with Crippen LogP contribution in [0.1, 0.15) is 81.9 Å². The van der Waals surface area contributed by atoms with Gasteiger partial charge in [0, 0.05) is 6.54 Å². The molecule has 46 heavy (non-hydrogen) atoms. The van der Waals surface area contributed by atoms with Crippen molar-refractivity contribution in [1.82, 2.24) is 4.90 Å². The number of carboxylic acid groups (broad SMARTS) is 1. The molecule has 0 radical (unpaired) electrons. The van der Waals surface area contributed by atoms with Gasteiger partial charge in [0.05, 0.1) is 14.2 Å². The van der Waals surface area contributed by atoms with Gasteiger partial charge in [-0.3, -0.25) is 9.59 Å². The van der Waals surface area contributed by atoms with E-state index in [9.17, 15) is 24.3 Å². The maximum atomic E-state index is 13.9. The Bertz CT molecular complexity index is 1390. The third-order valence-corrected chi connectivity index (χ3v) is 9.15. The van der Waals surface area contributed by atoms with Crippen molar-refractivity contribution in [3.05, 3.63) is 53.6 Å². The Hall–Kier alpha value is -4.12. The first kappa shape index (κ1) is 34.7. The van der Waals surface area contributed by atoms with Crippen molar-refractivity contribution in [2.45, 2.75) is 88.9 Å². The highest BCUT2D eigenvalue weighted by Crippen LogP contribution is 2.38. The number of carboxylic acids is 1. The number of likely N-dealkylation sites (tertiary alicyclic amines) is 1. The Morgan fingerprint density at radius 1 is 0.978 bits per heavy atom. The number of aryl methyl sites for hydroxylation is 1. The van der Waals surface area contributed by atoms with Crippen LogP contribution in [-0.4, -0.2) is 77.8 Å². The van der Waals surface area contributed by atoms with Gasteiger partial charge in [-0.15, -0.1) is 0 Å². The van der Waals surface area contributed by atoms with Gasteiger partial charge in [-0.2, -0.15) is 0 Å². The van der Waals surface area contributed by atoms with E-state index in [4.69, 9.17) is 24.1 Å². The van der Waals surface area contributed by atoms with Crippen molar-refractivity contribution in [1.29, 1.82) is 0 Å². The molecule has 11 heteroatoms. The highest BCUT2D eigenvalue weighted by atomic mass is 16.5. The van der Waals surface area contributed by atoms with Crippen LogP contribution in [0.2, 0.25) is 0 Å². The predicted octanol–water partition coefficient (Wildman–Crippen LogP) is 4.67. The van der Waals surface area contributed by atoms with Crippen LogP contribution < -0.4 is 14.2 Å². The standard InChI is InChI=1S/C35H45NO10/c1-4-25-11-5-7-18-35(25,42)32(39)33(40)36-19-8-6-13-27(36)34(41)46-28(24-10-9-12-26(21-24)45-22-31(37)38)16-14-23-15-17-29(43-2)30(20-23)44-3/h9-10,12,15,17,20-21,25,27-28,42H,4-8,11,13-14,16,18-19,22H2,1-3H3,(H,37,38)/t25-,27+,28-,35-/m1/s1. The molecule has 1 amide bonds. The molecule has 0 spiro atoms. The summed E-state index contributed by atoms with van der Waals surface area (Å²) in [4.78, 5) is 53.4. The predicted molar refractivity (Wildman–Crippen MR) is 168 cm³/mol. The minimum atomic E-state index is -1.73. The Kier molecular flexibility index (Phi) is 12.0. The zero-order valence-corrected chi connectivity index (χ0v) is 26.9. The van der Waals surface area contributed by atoms with Crippen LogP contribution in [0.4, 0.5) is 0 Å². The van der Waals surface area contributed by atoms with Crippen LogP contribution in [0.25, 0.3) is 0 Å². The first-order valence-corrected chi connectivity index (χ1v) is 16.0. The Labute approximate surface area is 269 Å². The molecule has 2 fully saturated rings. The number of ether oxygens (including phenoxy) is 4. The van der Waals surface area contributed by atoms with E-state index in [2.05, 4.69) is 0 Å². The molecule has 1 heterocycles. The maximum absolute atomic E-state index is 13.9. The van der Waals surface area contributed by atoms with E-state index in [1.165, 1.54) is 4.90 Å². The number of hydrogen-bond acceptors (Lipinski definition) is 9. The van der Waals surface area contributed by atoms with Gasteiger partial charge in [0.25, 0.3) is 11.7 Å². The van der Waals surface area contributed by atoms with E-state index < -0.39 is 48.0 Å². The van der Waals surface area contributed by atoms with Gasteiger partial charge in [0.15, 0.2) is 18.1 Å². The van der Waals surface area contributed by atoms with E-state index in [1.54, 1.807) is 44.6 Å². The number of ketones is 1. The van der Waals surface area contributed by atoms with Gasteiger partial charge in [-0.05, 0) is 86.3 Å². The number of nitrogens with zero attached hydrogens (tertiary/aromatic N) is 1. The molecule has 4 rings (SSSR count). The van der Waals surface area contributed by atoms with Crippen LogP contribution in [0.5, 0.6) is 17.2 Å². The Morgan fingerprint density at radius 2 is 1.74 bits per heavy atom. The van der Waals surface area contributed by atoms with Gasteiger partial charge in [-0.25, -0.2) is 9.59 Å². The van der Waals surface area contributed by atoms with Crippen molar-refractivity contribution in [2.24, 2.45) is 5.92 Å². The summed E-state index contributed by atoms with van der Waals surface area (Å²) in [5.74, 6) is -2.30. The fourth-order valence-corrected chi connectivity index (χ4v) is 6.60. The van der Waals surface area contributed by atoms with Crippen molar-refractivity contribution in [3.63, 3.8) is 0 Å². The zero-order chi connectivity index (χ0) is 33.3. The molecule has 0 bridgehead atoms. The molecule has 1 saturated carbocycles. The Balaban J connectivity index is 1.57. The number of methoxy groups -OCH3 is 2. The Morgan fingerprint density at radius 3 is 2.46 bits per heavy atom. The molecule has 2 aromatic rings. The number of amides is 1. The van der Waals surface area contributed by atoms with Crippen LogP contribution in [-0.2, 0) is 30.3 Å². The molecule has 1 aliphatic carbocycles. The highest BCUT2D eigenvalue weighted by molar-refractivity contribution is 6.39. The second-order valence-electron chi connectivity index (χ2n) is 12.0. The van der Waals surface area contributed by atoms with E-state index >= 15 is 0 Å². The number of piperidine rings is 1. The van der Waals surface area contributed by atoms with Crippen LogP contribution in [0, 0.1) is 5.92 Å². The van der Waals surface area contributed by atoms with E-state index in [0.29, 0.717) is 74.2 Å². The number of rotatable bonds is 14. The third-order valence-electron chi connectivity index (χ3n) is 9.15. The number of carbonyl (C=O) groups is 4. The number of hydrogen-bond donors (Lipinski definition) is 2. The molecule has 250 valence electrons. The molecule has 4 atom stereocenters. The number of benzene rings is 2. The summed E-state index contributed by atoms with van der Waals surface area (Å²) in [5.41, 5.74) is -0.235. The monoisotopic (exact) mass is 639 g/mol. The van der Waals surface area contributed by atoms with Crippen molar-refractivity contribution in [3.8, 4) is 17.2 Å². The molecule has 2 N–H and O–H groups in total. The second-order valence-corrected chi connectivity index (χ2v) is 12.0. The minimum absolute atomic E-state index is 0.214. The first-order valence-electron chi connectivity index (χ1n) is 16.0. The lowest BCUT2D eigenvalue weighted by Gasteiger charge is -2.40. The van der Waals surface area contributed by atoms with Gasteiger partial charge in [0.2, 0.25) is 0 Å². The highest BCUT2D eigenvalue weighted by Gasteiger charge is 2.50. The SMILES string of the molecule is CC[C@@H]1CCCC[C@]1(O)C(=O)C(=O)N1CCCC[C@H]1C(=O)O[C@H](CCc1ccc(OC)c(OC)c1)c1cccc(OCC(=O)O)c1. The summed E-state index contributed by atoms with van der Waals surface area (Å²) < 4.78 is 22.3. The van der Waals surface area contributed by atoms with Gasteiger partial charge in [-0.1, -0.05) is 44.4 Å². The summed E-state index contributed by atoms with van der Waals surface area (Å²) in [6, 6.07) is 11.2. The molecule has 1 saturated heterocycles. The average molecular weight is 640 g/mol. The molecular formula is C35H45NO10. The fourth-order valence-electron chi connectivity index (χ4n) is 6.60. The molecule has 2 aliphatic rings. The lowest BCUT2D eigenvalue weighted by Crippen LogP contribution is -2.58. The lowest BCUT2D eigenvalue weighted by atomic mass is 9.71. The summed E-state index contributed by atoms with van der Waals surface area (Å²) >= 11 is 0. The van der Waals surface area contributed by atoms with Crippen LogP contribution in [0.3, 0.4) is 0 Å². The number of Topliss-reactive ketones (excluding diaryl/α,β-unsaturated/α-hetero) is 1. The van der Waals surface area contributed by atoms with Gasteiger partial charge >= 0.3 is 11.9 Å². The largest absolute Gasteiger partial charge is 0.493 e. The van der Waals surface area contributed by atoms with Gasteiger partial charge < -0.3 is 34.1 Å². The van der Waals surface area contributed by atoms with Crippen LogP contribution >= 0.6 is 0 Å². The molecular weight excluding hydrogens is 594 g/mol. The quantitative estimate of drug-likeness (QED) is 0.221. The zero-order valence-electron chi connectivity index (χ0n) is 26.9. The molecule has 0 aromatic heterocycles. The van der Waals surface area contributed by atoms with E-state index in [1.807, 2.05) is 19.1 Å². The maximum Gasteiger partial charge on any atom is 0.341 e. The van der Waals surface area contributed by atoms with Gasteiger partial charge in [0.1, 0.15) is 23.5 Å². The molecule has 11 nitrogen and oxygen atoms in total.